The van der Waals surface area contributed by atoms with Gasteiger partial charge in [-0.25, -0.2) is 9.07 Å². The van der Waals surface area contributed by atoms with E-state index in [-0.39, 0.29) is 11.9 Å². The molecule has 3 rings (SSSR count). The van der Waals surface area contributed by atoms with Crippen LogP contribution >= 0.6 is 0 Å². The lowest BCUT2D eigenvalue weighted by Crippen LogP contribution is -2.37. The fourth-order valence-electron chi connectivity index (χ4n) is 3.63. The molecule has 32 heavy (non-hydrogen) atoms. The van der Waals surface area contributed by atoms with Gasteiger partial charge in [-0.3, -0.25) is 4.90 Å². The Hall–Kier alpha value is -2.96. The number of hydrogen-bond donors (Lipinski definition) is 1. The standard InChI is InChI=1S/C26H32FN3O2/c1-5-6-14-22(31)17-30(19(2)3)18-24-25(20-11-8-7-9-12-20)28-29(4)26(24)32-23-15-10-13-21(27)16-23/h5,7-13,15-16,19,22,31H,1,6,14,17-18H2,2-4H3. The second-order valence-corrected chi connectivity index (χ2v) is 8.22. The third-order valence-corrected chi connectivity index (χ3v) is 5.39. The minimum absolute atomic E-state index is 0.194. The highest BCUT2D eigenvalue weighted by atomic mass is 19.1. The van der Waals surface area contributed by atoms with Crippen LogP contribution in [0, 0.1) is 5.82 Å². The number of nitrogens with zero attached hydrogens (tertiary/aromatic N) is 3. The summed E-state index contributed by atoms with van der Waals surface area (Å²) in [5.74, 6) is 0.611. The first kappa shape index (κ1) is 23.7. The maximum Gasteiger partial charge on any atom is 0.222 e. The summed E-state index contributed by atoms with van der Waals surface area (Å²) >= 11 is 0. The van der Waals surface area contributed by atoms with E-state index in [1.54, 1.807) is 16.8 Å². The zero-order valence-electron chi connectivity index (χ0n) is 19.0. The van der Waals surface area contributed by atoms with Crippen molar-refractivity contribution < 1.29 is 14.2 Å². The van der Waals surface area contributed by atoms with Crippen LogP contribution in [0.3, 0.4) is 0 Å². The molecule has 0 amide bonds. The summed E-state index contributed by atoms with van der Waals surface area (Å²) < 4.78 is 21.6. The van der Waals surface area contributed by atoms with Crippen molar-refractivity contribution in [3.63, 3.8) is 0 Å². The molecule has 2 aromatic carbocycles. The third-order valence-electron chi connectivity index (χ3n) is 5.39. The number of aromatic nitrogens is 2. The van der Waals surface area contributed by atoms with Gasteiger partial charge in [-0.2, -0.15) is 5.10 Å². The third kappa shape index (κ3) is 6.05. The lowest BCUT2D eigenvalue weighted by molar-refractivity contribution is 0.0851. The van der Waals surface area contributed by atoms with Crippen molar-refractivity contribution in [1.82, 2.24) is 14.7 Å². The van der Waals surface area contributed by atoms with Gasteiger partial charge in [0, 0.05) is 37.8 Å². The molecule has 1 unspecified atom stereocenters. The Labute approximate surface area is 189 Å². The predicted octanol–water partition coefficient (Wildman–Crippen LogP) is 5.56. The molecule has 3 aromatic rings. The molecule has 1 heterocycles. The van der Waals surface area contributed by atoms with Gasteiger partial charge in [0.1, 0.15) is 17.3 Å². The Morgan fingerprint density at radius 1 is 1.19 bits per heavy atom. The van der Waals surface area contributed by atoms with E-state index in [1.807, 2.05) is 43.5 Å². The second-order valence-electron chi connectivity index (χ2n) is 8.22. The highest BCUT2D eigenvalue weighted by Gasteiger charge is 2.24. The smallest absolute Gasteiger partial charge is 0.222 e. The molecule has 0 spiro atoms. The highest BCUT2D eigenvalue weighted by Crippen LogP contribution is 2.34. The lowest BCUT2D eigenvalue weighted by atomic mass is 10.1. The topological polar surface area (TPSA) is 50.5 Å². The van der Waals surface area contributed by atoms with Crippen molar-refractivity contribution in [3.8, 4) is 22.9 Å². The molecule has 0 saturated carbocycles. The zero-order valence-corrected chi connectivity index (χ0v) is 19.0. The Balaban J connectivity index is 1.99. The maximum absolute atomic E-state index is 13.8. The van der Waals surface area contributed by atoms with Crippen LogP contribution in [-0.4, -0.2) is 38.5 Å². The normalized spacial score (nSPS) is 12.3. The Bertz CT molecular complexity index is 1020. The number of ether oxygens (including phenoxy) is 1. The Morgan fingerprint density at radius 3 is 2.59 bits per heavy atom. The van der Waals surface area contributed by atoms with Crippen LogP contribution in [0.2, 0.25) is 0 Å². The fraction of sp³-hybridized carbons (Fsp3) is 0.346. The molecule has 170 valence electrons. The monoisotopic (exact) mass is 437 g/mol. The van der Waals surface area contributed by atoms with E-state index < -0.39 is 6.10 Å². The molecule has 0 aliphatic heterocycles. The number of rotatable bonds is 11. The van der Waals surface area contributed by atoms with Crippen LogP contribution in [0.15, 0.2) is 67.3 Å². The van der Waals surface area contributed by atoms with E-state index in [9.17, 15) is 9.50 Å². The number of benzene rings is 2. The number of allylic oxidation sites excluding steroid dienone is 1. The van der Waals surface area contributed by atoms with Crippen LogP contribution in [0.5, 0.6) is 11.6 Å². The van der Waals surface area contributed by atoms with Gasteiger partial charge in [0.25, 0.3) is 0 Å². The first-order valence-electron chi connectivity index (χ1n) is 11.0. The summed E-state index contributed by atoms with van der Waals surface area (Å²) in [6, 6.07) is 16.2. The number of aliphatic hydroxyl groups excluding tert-OH is 1. The molecular formula is C26H32FN3O2. The predicted molar refractivity (Wildman–Crippen MR) is 126 cm³/mol. The van der Waals surface area contributed by atoms with Crippen LogP contribution in [0.4, 0.5) is 4.39 Å². The van der Waals surface area contributed by atoms with Gasteiger partial charge in [0.05, 0.1) is 11.7 Å². The summed E-state index contributed by atoms with van der Waals surface area (Å²) in [4.78, 5) is 2.20. The van der Waals surface area contributed by atoms with E-state index in [0.717, 1.165) is 23.2 Å². The van der Waals surface area contributed by atoms with Crippen molar-refractivity contribution in [2.75, 3.05) is 6.54 Å². The van der Waals surface area contributed by atoms with Gasteiger partial charge in [0.15, 0.2) is 0 Å². The molecule has 6 heteroatoms. The second kappa shape index (κ2) is 11.1. The molecule has 0 radical (unpaired) electrons. The van der Waals surface area contributed by atoms with Gasteiger partial charge in [-0.1, -0.05) is 42.5 Å². The summed E-state index contributed by atoms with van der Waals surface area (Å²) in [7, 11) is 1.82. The highest BCUT2D eigenvalue weighted by molar-refractivity contribution is 5.65. The number of hydrogen-bond acceptors (Lipinski definition) is 4. The van der Waals surface area contributed by atoms with E-state index in [0.29, 0.717) is 31.1 Å². The van der Waals surface area contributed by atoms with Crippen molar-refractivity contribution in [2.45, 2.75) is 45.4 Å². The average molecular weight is 438 g/mol. The molecule has 1 aromatic heterocycles. The first-order valence-corrected chi connectivity index (χ1v) is 11.0. The first-order chi connectivity index (χ1) is 15.4. The van der Waals surface area contributed by atoms with Crippen molar-refractivity contribution in [2.24, 2.45) is 7.05 Å². The SMILES string of the molecule is C=CCCC(O)CN(Cc1c(-c2ccccc2)nn(C)c1Oc1cccc(F)c1)C(C)C. The maximum atomic E-state index is 13.8. The molecule has 0 aliphatic carbocycles. The largest absolute Gasteiger partial charge is 0.439 e. The van der Waals surface area contributed by atoms with Gasteiger partial charge < -0.3 is 9.84 Å². The summed E-state index contributed by atoms with van der Waals surface area (Å²) in [6.45, 7) is 9.00. The van der Waals surface area contributed by atoms with E-state index in [1.165, 1.54) is 12.1 Å². The van der Waals surface area contributed by atoms with Gasteiger partial charge >= 0.3 is 0 Å². The molecule has 5 nitrogen and oxygen atoms in total. The van der Waals surface area contributed by atoms with Crippen molar-refractivity contribution >= 4 is 0 Å². The number of aliphatic hydroxyl groups is 1. The fourth-order valence-corrected chi connectivity index (χ4v) is 3.63. The van der Waals surface area contributed by atoms with Crippen LogP contribution in [0.1, 0.15) is 32.3 Å². The zero-order chi connectivity index (χ0) is 23.1. The van der Waals surface area contributed by atoms with E-state index in [2.05, 4.69) is 25.3 Å². The number of aryl methyl sites for hydroxylation is 1. The Morgan fingerprint density at radius 2 is 1.94 bits per heavy atom. The summed E-state index contributed by atoms with van der Waals surface area (Å²) in [5.41, 5.74) is 2.68. The molecule has 0 bridgehead atoms. The molecule has 0 fully saturated rings. The quantitative estimate of drug-likeness (QED) is 0.399. The Kier molecular flexibility index (Phi) is 8.20. The van der Waals surface area contributed by atoms with Crippen LogP contribution in [-0.2, 0) is 13.6 Å². The van der Waals surface area contributed by atoms with Crippen molar-refractivity contribution in [3.05, 3.63) is 78.6 Å². The lowest BCUT2D eigenvalue weighted by Gasteiger charge is -2.29. The van der Waals surface area contributed by atoms with Gasteiger partial charge in [-0.05, 0) is 38.8 Å². The van der Waals surface area contributed by atoms with E-state index >= 15 is 0 Å². The minimum Gasteiger partial charge on any atom is -0.439 e. The molecular weight excluding hydrogens is 405 g/mol. The number of halogens is 1. The molecule has 1 atom stereocenters. The van der Waals surface area contributed by atoms with Crippen LogP contribution in [0.25, 0.3) is 11.3 Å². The molecule has 1 N–H and O–H groups in total. The molecule has 0 aliphatic rings. The van der Waals surface area contributed by atoms with Gasteiger partial charge in [0.2, 0.25) is 5.88 Å². The minimum atomic E-state index is -0.458. The van der Waals surface area contributed by atoms with Crippen molar-refractivity contribution in [1.29, 1.82) is 0 Å². The summed E-state index contributed by atoms with van der Waals surface area (Å²) in [5, 5.41) is 15.3. The van der Waals surface area contributed by atoms with Gasteiger partial charge in [-0.15, -0.1) is 6.58 Å². The van der Waals surface area contributed by atoms with E-state index in [4.69, 9.17) is 9.84 Å². The average Bonchev–Trinajstić information content (AvgIpc) is 3.07. The van der Waals surface area contributed by atoms with Crippen LogP contribution < -0.4 is 4.74 Å². The molecule has 0 saturated heterocycles. The summed E-state index contributed by atoms with van der Waals surface area (Å²) in [6.07, 6.45) is 2.80.